The minimum absolute atomic E-state index is 0.0128. The van der Waals surface area contributed by atoms with Crippen LogP contribution in [0, 0.1) is 5.92 Å². The number of hydrogen-bond acceptors (Lipinski definition) is 3. The molecule has 1 fully saturated rings. The van der Waals surface area contributed by atoms with Crippen molar-refractivity contribution in [1.29, 1.82) is 0 Å². The summed E-state index contributed by atoms with van der Waals surface area (Å²) in [6.45, 7) is 4.87. The molecule has 0 unspecified atom stereocenters. The SMILES string of the molecule is CC(C)n1ccnc(NCCC2CCCCC2)c1=O. The molecule has 4 nitrogen and oxygen atoms in total. The quantitative estimate of drug-likeness (QED) is 0.887. The zero-order valence-corrected chi connectivity index (χ0v) is 12.1. The maximum atomic E-state index is 12.1. The second-order valence-corrected chi connectivity index (χ2v) is 5.80. The van der Waals surface area contributed by atoms with E-state index in [1.807, 2.05) is 13.8 Å². The zero-order chi connectivity index (χ0) is 13.7. The van der Waals surface area contributed by atoms with Gasteiger partial charge in [-0.25, -0.2) is 4.98 Å². The van der Waals surface area contributed by atoms with Crippen molar-refractivity contribution in [2.75, 3.05) is 11.9 Å². The molecule has 1 aliphatic rings. The molecule has 0 radical (unpaired) electrons. The van der Waals surface area contributed by atoms with E-state index in [4.69, 9.17) is 0 Å². The van der Waals surface area contributed by atoms with Gasteiger partial charge in [-0.1, -0.05) is 32.1 Å². The van der Waals surface area contributed by atoms with E-state index in [2.05, 4.69) is 10.3 Å². The third-order valence-corrected chi connectivity index (χ3v) is 3.99. The van der Waals surface area contributed by atoms with Gasteiger partial charge in [0, 0.05) is 25.0 Å². The highest BCUT2D eigenvalue weighted by molar-refractivity contribution is 5.30. The van der Waals surface area contributed by atoms with Crippen LogP contribution in [0.4, 0.5) is 5.82 Å². The molecule has 106 valence electrons. The van der Waals surface area contributed by atoms with Gasteiger partial charge in [0.2, 0.25) is 0 Å². The summed E-state index contributed by atoms with van der Waals surface area (Å²) in [6, 6.07) is 0.175. The Morgan fingerprint density at radius 1 is 1.37 bits per heavy atom. The normalized spacial score (nSPS) is 16.8. The molecular formula is C15H25N3O. The lowest BCUT2D eigenvalue weighted by Gasteiger charge is -2.21. The van der Waals surface area contributed by atoms with Gasteiger partial charge in [-0.3, -0.25) is 4.79 Å². The van der Waals surface area contributed by atoms with Crippen molar-refractivity contribution in [2.45, 2.75) is 58.4 Å². The fraction of sp³-hybridized carbons (Fsp3) is 0.733. The van der Waals surface area contributed by atoms with Crippen LogP contribution in [-0.2, 0) is 0 Å². The van der Waals surface area contributed by atoms with E-state index in [9.17, 15) is 4.79 Å². The van der Waals surface area contributed by atoms with Crippen molar-refractivity contribution >= 4 is 5.82 Å². The molecule has 0 spiro atoms. The summed E-state index contributed by atoms with van der Waals surface area (Å²) in [4.78, 5) is 16.3. The molecule has 1 saturated carbocycles. The fourth-order valence-corrected chi connectivity index (χ4v) is 2.82. The number of hydrogen-bond donors (Lipinski definition) is 1. The molecule has 0 aromatic carbocycles. The smallest absolute Gasteiger partial charge is 0.293 e. The van der Waals surface area contributed by atoms with E-state index < -0.39 is 0 Å². The van der Waals surface area contributed by atoms with Crippen molar-refractivity contribution in [3.8, 4) is 0 Å². The lowest BCUT2D eigenvalue weighted by molar-refractivity contribution is 0.345. The van der Waals surface area contributed by atoms with Gasteiger partial charge >= 0.3 is 0 Å². The summed E-state index contributed by atoms with van der Waals surface area (Å²) in [5, 5.41) is 3.21. The first-order valence-corrected chi connectivity index (χ1v) is 7.49. The second-order valence-electron chi connectivity index (χ2n) is 5.80. The van der Waals surface area contributed by atoms with Crippen LogP contribution >= 0.6 is 0 Å². The Labute approximate surface area is 115 Å². The van der Waals surface area contributed by atoms with Gasteiger partial charge < -0.3 is 9.88 Å². The monoisotopic (exact) mass is 263 g/mol. The number of nitrogens with zero attached hydrogens (tertiary/aromatic N) is 2. The van der Waals surface area contributed by atoms with Crippen LogP contribution in [0.15, 0.2) is 17.2 Å². The molecule has 2 rings (SSSR count). The Bertz CT molecular complexity index is 447. The summed E-state index contributed by atoms with van der Waals surface area (Å²) in [7, 11) is 0. The third-order valence-electron chi connectivity index (χ3n) is 3.99. The highest BCUT2D eigenvalue weighted by atomic mass is 16.1. The van der Waals surface area contributed by atoms with Crippen LogP contribution in [0.3, 0.4) is 0 Å². The van der Waals surface area contributed by atoms with E-state index in [0.717, 1.165) is 18.9 Å². The minimum Gasteiger partial charge on any atom is -0.365 e. The fourth-order valence-electron chi connectivity index (χ4n) is 2.82. The van der Waals surface area contributed by atoms with Gasteiger partial charge in [0.15, 0.2) is 5.82 Å². The highest BCUT2D eigenvalue weighted by Crippen LogP contribution is 2.25. The van der Waals surface area contributed by atoms with Crippen LogP contribution in [0.2, 0.25) is 0 Å². The van der Waals surface area contributed by atoms with E-state index in [-0.39, 0.29) is 11.6 Å². The first-order valence-electron chi connectivity index (χ1n) is 7.49. The van der Waals surface area contributed by atoms with Crippen molar-refractivity contribution in [1.82, 2.24) is 9.55 Å². The van der Waals surface area contributed by atoms with Crippen LogP contribution in [0.1, 0.15) is 58.4 Å². The molecule has 0 bridgehead atoms. The second kappa shape index (κ2) is 6.73. The van der Waals surface area contributed by atoms with Gasteiger partial charge in [0.05, 0.1) is 0 Å². The highest BCUT2D eigenvalue weighted by Gasteiger charge is 2.13. The summed E-state index contributed by atoms with van der Waals surface area (Å²) in [5.74, 6) is 1.32. The molecule has 1 heterocycles. The van der Waals surface area contributed by atoms with Gasteiger partial charge in [-0.2, -0.15) is 0 Å². The van der Waals surface area contributed by atoms with Crippen molar-refractivity contribution < 1.29 is 0 Å². The van der Waals surface area contributed by atoms with Gasteiger partial charge in [0.25, 0.3) is 5.56 Å². The Hall–Kier alpha value is -1.32. The average molecular weight is 263 g/mol. The first kappa shape index (κ1) is 14.1. The van der Waals surface area contributed by atoms with E-state index >= 15 is 0 Å². The molecular weight excluding hydrogens is 238 g/mol. The maximum absolute atomic E-state index is 12.1. The lowest BCUT2D eigenvalue weighted by atomic mass is 9.87. The topological polar surface area (TPSA) is 46.9 Å². The number of rotatable bonds is 5. The largest absolute Gasteiger partial charge is 0.365 e. The number of nitrogens with one attached hydrogen (secondary N) is 1. The summed E-state index contributed by atoms with van der Waals surface area (Å²) < 4.78 is 1.72. The molecule has 0 aliphatic heterocycles. The van der Waals surface area contributed by atoms with Crippen LogP contribution in [0.5, 0.6) is 0 Å². The van der Waals surface area contributed by atoms with Crippen molar-refractivity contribution in [2.24, 2.45) is 5.92 Å². The summed E-state index contributed by atoms with van der Waals surface area (Å²) in [6.07, 6.45) is 11.4. The zero-order valence-electron chi connectivity index (χ0n) is 12.1. The Kier molecular flexibility index (Phi) is 5.00. The molecule has 1 aliphatic carbocycles. The summed E-state index contributed by atoms with van der Waals surface area (Å²) in [5.41, 5.74) is -0.0128. The predicted octanol–water partition coefficient (Wildman–Crippen LogP) is 3.21. The molecule has 0 atom stereocenters. The van der Waals surface area contributed by atoms with E-state index in [1.54, 1.807) is 17.0 Å². The standard InChI is InChI=1S/C15H25N3O/c1-12(2)18-11-10-17-14(15(18)19)16-9-8-13-6-4-3-5-7-13/h10-13H,3-9H2,1-2H3,(H,16,17). The van der Waals surface area contributed by atoms with Crippen LogP contribution in [-0.4, -0.2) is 16.1 Å². The number of anilines is 1. The van der Waals surface area contributed by atoms with Crippen LogP contribution < -0.4 is 10.9 Å². The predicted molar refractivity (Wildman–Crippen MR) is 78.6 cm³/mol. The van der Waals surface area contributed by atoms with Crippen molar-refractivity contribution in [3.05, 3.63) is 22.7 Å². The van der Waals surface area contributed by atoms with Gasteiger partial charge in [-0.15, -0.1) is 0 Å². The molecule has 1 aromatic heterocycles. The van der Waals surface area contributed by atoms with Crippen LogP contribution in [0.25, 0.3) is 0 Å². The minimum atomic E-state index is -0.0128. The third kappa shape index (κ3) is 3.82. The first-order chi connectivity index (χ1) is 9.18. The van der Waals surface area contributed by atoms with Crippen molar-refractivity contribution in [3.63, 3.8) is 0 Å². The van der Waals surface area contributed by atoms with E-state index in [1.165, 1.54) is 32.1 Å². The van der Waals surface area contributed by atoms with E-state index in [0.29, 0.717) is 5.82 Å². The Morgan fingerprint density at radius 3 is 2.79 bits per heavy atom. The molecule has 1 N–H and O–H groups in total. The molecule has 0 saturated heterocycles. The van der Waals surface area contributed by atoms with Gasteiger partial charge in [-0.05, 0) is 26.2 Å². The Morgan fingerprint density at radius 2 is 2.11 bits per heavy atom. The number of aromatic nitrogens is 2. The van der Waals surface area contributed by atoms with Gasteiger partial charge in [0.1, 0.15) is 0 Å². The average Bonchev–Trinajstić information content (AvgIpc) is 2.41. The molecule has 0 amide bonds. The lowest BCUT2D eigenvalue weighted by Crippen LogP contribution is -2.26. The Balaban J connectivity index is 1.89. The molecule has 4 heteroatoms. The maximum Gasteiger partial charge on any atom is 0.293 e. The molecule has 1 aromatic rings. The summed E-state index contributed by atoms with van der Waals surface area (Å²) >= 11 is 0. The molecule has 19 heavy (non-hydrogen) atoms.